The Morgan fingerprint density at radius 3 is 2.44 bits per heavy atom. The molecule has 2 atom stereocenters. The lowest BCUT2D eigenvalue weighted by atomic mass is 9.98. The fraction of sp³-hybridized carbons (Fsp3) is 0.130. The quantitative estimate of drug-likeness (QED) is 0.328. The molecule has 3 N–H and O–H groups in total. The fourth-order valence-electron chi connectivity index (χ4n) is 3.34. The second kappa shape index (κ2) is 9.96. The lowest BCUT2D eigenvalue weighted by Gasteiger charge is -2.21. The molecule has 1 amide bonds. The van der Waals surface area contributed by atoms with Gasteiger partial charge in [-0.15, -0.1) is 0 Å². The van der Waals surface area contributed by atoms with Crippen LogP contribution in [-0.2, 0) is 9.09 Å². The number of hydrogen-bond donors (Lipinski definition) is 3. The van der Waals surface area contributed by atoms with E-state index in [-0.39, 0.29) is 23.4 Å². The third-order valence-electron chi connectivity index (χ3n) is 4.98. The van der Waals surface area contributed by atoms with Crippen LogP contribution in [0.2, 0.25) is 0 Å². The molecule has 0 spiro atoms. The molecular formula is C23H22N5O5P. The number of nitrogens with one attached hydrogen (secondary N) is 1. The zero-order chi connectivity index (χ0) is 24.1. The minimum absolute atomic E-state index is 0.100. The lowest BCUT2D eigenvalue weighted by molar-refractivity contribution is 0.0939. The van der Waals surface area contributed by atoms with Crippen LogP contribution >= 0.6 is 7.60 Å². The van der Waals surface area contributed by atoms with Gasteiger partial charge in [0.1, 0.15) is 5.56 Å². The predicted octanol–water partition coefficient (Wildman–Crippen LogP) is 2.73. The van der Waals surface area contributed by atoms with Crippen molar-refractivity contribution in [2.45, 2.75) is 13.0 Å². The molecule has 2 unspecified atom stereocenters. The van der Waals surface area contributed by atoms with Crippen molar-refractivity contribution in [1.29, 1.82) is 0 Å². The van der Waals surface area contributed by atoms with E-state index < -0.39 is 25.4 Å². The molecule has 0 fully saturated rings. The van der Waals surface area contributed by atoms with Crippen LogP contribution in [0.3, 0.4) is 0 Å². The summed E-state index contributed by atoms with van der Waals surface area (Å²) < 4.78 is 18.6. The average Bonchev–Trinajstić information content (AvgIpc) is 3.38. The first-order valence-electron chi connectivity index (χ1n) is 10.4. The van der Waals surface area contributed by atoms with Crippen LogP contribution in [-0.4, -0.2) is 42.3 Å². The summed E-state index contributed by atoms with van der Waals surface area (Å²) in [5, 5.41) is 17.4. The van der Waals surface area contributed by atoms with Crippen molar-refractivity contribution < 1.29 is 23.9 Å². The van der Waals surface area contributed by atoms with Gasteiger partial charge < -0.3 is 19.8 Å². The zero-order valence-corrected chi connectivity index (χ0v) is 19.0. The van der Waals surface area contributed by atoms with E-state index in [1.165, 1.54) is 23.0 Å². The van der Waals surface area contributed by atoms with Gasteiger partial charge in [0.15, 0.2) is 0 Å². The van der Waals surface area contributed by atoms with Crippen LogP contribution < -0.4 is 10.6 Å². The van der Waals surface area contributed by atoms with E-state index >= 15 is 0 Å². The molecule has 4 aromatic rings. The van der Waals surface area contributed by atoms with E-state index in [2.05, 4.69) is 20.4 Å². The Bertz CT molecular complexity index is 1310. The zero-order valence-electron chi connectivity index (χ0n) is 18.1. The van der Waals surface area contributed by atoms with Gasteiger partial charge >= 0.3 is 7.60 Å². The van der Waals surface area contributed by atoms with Gasteiger partial charge in [-0.3, -0.25) is 9.36 Å². The highest BCUT2D eigenvalue weighted by atomic mass is 31.2. The van der Waals surface area contributed by atoms with Gasteiger partial charge in [-0.1, -0.05) is 42.5 Å². The van der Waals surface area contributed by atoms with E-state index in [0.717, 1.165) is 5.56 Å². The van der Waals surface area contributed by atoms with Gasteiger partial charge in [-0.25, -0.2) is 9.67 Å². The number of hydrogen-bond acceptors (Lipinski definition) is 7. The largest absolute Gasteiger partial charge is 0.493 e. The number of carbonyl (C=O) groups is 1. The van der Waals surface area contributed by atoms with Crippen LogP contribution in [0.5, 0.6) is 5.88 Å². The minimum atomic E-state index is -3.92. The maximum Gasteiger partial charge on any atom is 0.358 e. The van der Waals surface area contributed by atoms with Crippen molar-refractivity contribution in [3.8, 4) is 11.8 Å². The first-order valence-corrected chi connectivity index (χ1v) is 12.0. The standard InChI is InChI=1S/C23H22N5O5P/c1-2-33-34(31,32)18-11-9-17(10-12-18)20(16-7-4-3-5-8-16)26-21(29)19-15-24-23(27-22(19)30)28-14-6-13-25-28/h3-15,20H,2H2,1H3,(H,26,29)(H,31,32)(H,24,27,30). The van der Waals surface area contributed by atoms with Gasteiger partial charge in [0.25, 0.3) is 11.9 Å². The Hall–Kier alpha value is -3.85. The smallest absolute Gasteiger partial charge is 0.358 e. The molecule has 174 valence electrons. The van der Waals surface area contributed by atoms with E-state index in [0.29, 0.717) is 5.56 Å². The molecule has 0 radical (unpaired) electrons. The molecule has 34 heavy (non-hydrogen) atoms. The molecule has 0 aliphatic heterocycles. The molecule has 0 saturated heterocycles. The van der Waals surface area contributed by atoms with Crippen LogP contribution in [0, 0.1) is 0 Å². The molecule has 0 saturated carbocycles. The number of nitrogens with zero attached hydrogens (tertiary/aromatic N) is 4. The molecule has 10 nitrogen and oxygen atoms in total. The Morgan fingerprint density at radius 2 is 1.82 bits per heavy atom. The summed E-state index contributed by atoms with van der Waals surface area (Å²) in [7, 11) is -3.92. The molecule has 2 aromatic carbocycles. The SMILES string of the molecule is CCOP(=O)(O)c1ccc(C(NC(=O)c2cnc(-n3cccn3)nc2O)c2ccccc2)cc1. The minimum Gasteiger partial charge on any atom is -0.493 e. The number of aromatic hydroxyl groups is 1. The Kier molecular flexibility index (Phi) is 6.83. The summed E-state index contributed by atoms with van der Waals surface area (Å²) in [5.74, 6) is -0.959. The number of amides is 1. The molecule has 11 heteroatoms. The van der Waals surface area contributed by atoms with Crippen molar-refractivity contribution in [3.05, 3.63) is 95.9 Å². The first kappa shape index (κ1) is 23.3. The van der Waals surface area contributed by atoms with E-state index in [1.807, 2.05) is 30.3 Å². The summed E-state index contributed by atoms with van der Waals surface area (Å²) in [6.45, 7) is 1.74. The van der Waals surface area contributed by atoms with Gasteiger partial charge in [-0.2, -0.15) is 10.1 Å². The monoisotopic (exact) mass is 479 g/mol. The second-order valence-corrected chi connectivity index (χ2v) is 9.02. The van der Waals surface area contributed by atoms with E-state index in [4.69, 9.17) is 4.52 Å². The highest BCUT2D eigenvalue weighted by molar-refractivity contribution is 7.61. The summed E-state index contributed by atoms with van der Waals surface area (Å²) >= 11 is 0. The van der Waals surface area contributed by atoms with Crippen LogP contribution in [0.15, 0.2) is 79.3 Å². The molecule has 4 rings (SSSR count). The molecular weight excluding hydrogens is 457 g/mol. The maximum atomic E-state index is 13.1. The summed E-state index contributed by atoms with van der Waals surface area (Å²) in [6, 6.07) is 16.5. The molecule has 0 bridgehead atoms. The van der Waals surface area contributed by atoms with Crippen LogP contribution in [0.4, 0.5) is 0 Å². The summed E-state index contributed by atoms with van der Waals surface area (Å²) in [5.41, 5.74) is 1.33. The maximum absolute atomic E-state index is 13.1. The summed E-state index contributed by atoms with van der Waals surface area (Å²) in [4.78, 5) is 31.2. The molecule has 0 aliphatic rings. The number of rotatable bonds is 8. The van der Waals surface area contributed by atoms with Crippen molar-refractivity contribution in [2.75, 3.05) is 6.61 Å². The van der Waals surface area contributed by atoms with Crippen molar-refractivity contribution in [2.24, 2.45) is 0 Å². The molecule has 2 aromatic heterocycles. The van der Waals surface area contributed by atoms with Crippen molar-refractivity contribution in [1.82, 2.24) is 25.1 Å². The average molecular weight is 479 g/mol. The Labute approximate surface area is 195 Å². The Balaban J connectivity index is 1.63. The normalized spacial score (nSPS) is 13.7. The third-order valence-corrected chi connectivity index (χ3v) is 6.53. The van der Waals surface area contributed by atoms with E-state index in [9.17, 15) is 19.4 Å². The van der Waals surface area contributed by atoms with Crippen molar-refractivity contribution >= 4 is 18.8 Å². The molecule has 2 heterocycles. The highest BCUT2D eigenvalue weighted by Gasteiger charge is 2.24. The molecule has 0 aliphatic carbocycles. The van der Waals surface area contributed by atoms with Gasteiger partial charge in [0, 0.05) is 18.6 Å². The topological polar surface area (TPSA) is 139 Å². The summed E-state index contributed by atoms with van der Waals surface area (Å²) in [6.07, 6.45) is 4.38. The van der Waals surface area contributed by atoms with Gasteiger partial charge in [0.2, 0.25) is 5.88 Å². The van der Waals surface area contributed by atoms with Gasteiger partial charge in [0.05, 0.1) is 18.0 Å². The van der Waals surface area contributed by atoms with Crippen LogP contribution in [0.25, 0.3) is 5.95 Å². The van der Waals surface area contributed by atoms with E-state index in [1.54, 1.807) is 37.5 Å². The first-order chi connectivity index (χ1) is 16.4. The number of carbonyl (C=O) groups excluding carboxylic acids is 1. The fourth-order valence-corrected chi connectivity index (χ4v) is 4.36. The second-order valence-electron chi connectivity index (χ2n) is 7.20. The van der Waals surface area contributed by atoms with Crippen LogP contribution in [0.1, 0.15) is 34.5 Å². The number of benzene rings is 2. The van der Waals surface area contributed by atoms with Crippen molar-refractivity contribution in [3.63, 3.8) is 0 Å². The number of aromatic nitrogens is 4. The highest BCUT2D eigenvalue weighted by Crippen LogP contribution is 2.40. The Morgan fingerprint density at radius 1 is 1.12 bits per heavy atom. The van der Waals surface area contributed by atoms with Gasteiger partial charge in [-0.05, 0) is 36.2 Å². The lowest BCUT2D eigenvalue weighted by Crippen LogP contribution is -2.30. The predicted molar refractivity (Wildman–Crippen MR) is 124 cm³/mol. The third kappa shape index (κ3) is 5.04.